The van der Waals surface area contributed by atoms with Crippen molar-refractivity contribution < 1.29 is 23.2 Å². The highest BCUT2D eigenvalue weighted by Gasteiger charge is 2.17. The van der Waals surface area contributed by atoms with Crippen LogP contribution in [-0.2, 0) is 4.84 Å². The molecule has 20 heavy (non-hydrogen) atoms. The molecule has 1 heterocycles. The molecule has 8 heteroatoms. The van der Waals surface area contributed by atoms with Crippen LogP contribution in [0.1, 0.15) is 20.0 Å². The zero-order chi connectivity index (χ0) is 14.7. The highest BCUT2D eigenvalue weighted by molar-refractivity contribution is 7.11. The molecule has 0 saturated carbocycles. The summed E-state index contributed by atoms with van der Waals surface area (Å²) in [7, 11) is 0. The Morgan fingerprint density at radius 3 is 2.65 bits per heavy atom. The van der Waals surface area contributed by atoms with E-state index < -0.39 is 34.1 Å². The quantitative estimate of drug-likeness (QED) is 0.683. The van der Waals surface area contributed by atoms with Crippen molar-refractivity contribution in [3.8, 4) is 0 Å². The fourth-order valence-electron chi connectivity index (χ4n) is 1.29. The SMILES string of the molecule is O=C(ONC(=O)c1cc(F)c(Cl)cc1F)c1cccs1. The van der Waals surface area contributed by atoms with Crippen LogP contribution in [0.2, 0.25) is 5.02 Å². The lowest BCUT2D eigenvalue weighted by molar-refractivity contribution is 0.0233. The Labute approximate surface area is 120 Å². The van der Waals surface area contributed by atoms with E-state index in [-0.39, 0.29) is 4.88 Å². The lowest BCUT2D eigenvalue weighted by Gasteiger charge is -2.06. The van der Waals surface area contributed by atoms with Crippen molar-refractivity contribution in [1.29, 1.82) is 0 Å². The summed E-state index contributed by atoms with van der Waals surface area (Å²) in [4.78, 5) is 27.7. The van der Waals surface area contributed by atoms with Gasteiger partial charge in [-0.25, -0.2) is 13.6 Å². The van der Waals surface area contributed by atoms with Crippen molar-refractivity contribution in [2.45, 2.75) is 0 Å². The van der Waals surface area contributed by atoms with Crippen LogP contribution in [0.4, 0.5) is 8.78 Å². The van der Waals surface area contributed by atoms with Crippen molar-refractivity contribution in [3.05, 3.63) is 56.7 Å². The molecule has 104 valence electrons. The number of amides is 1. The zero-order valence-corrected chi connectivity index (χ0v) is 11.2. The zero-order valence-electron chi connectivity index (χ0n) is 9.65. The molecule has 0 bridgehead atoms. The molecule has 1 amide bonds. The van der Waals surface area contributed by atoms with Gasteiger partial charge in [-0.2, -0.15) is 5.48 Å². The number of halogens is 3. The minimum absolute atomic E-state index is 0.257. The molecule has 1 aromatic heterocycles. The fourth-order valence-corrected chi connectivity index (χ4v) is 2.04. The maximum atomic E-state index is 13.4. The van der Waals surface area contributed by atoms with Crippen molar-refractivity contribution in [1.82, 2.24) is 5.48 Å². The monoisotopic (exact) mass is 317 g/mol. The van der Waals surface area contributed by atoms with Gasteiger partial charge in [0.1, 0.15) is 16.5 Å². The first kappa shape index (κ1) is 14.4. The predicted molar refractivity (Wildman–Crippen MR) is 68.6 cm³/mol. The lowest BCUT2D eigenvalue weighted by atomic mass is 10.2. The van der Waals surface area contributed by atoms with E-state index in [0.717, 1.165) is 11.3 Å². The Morgan fingerprint density at radius 2 is 2.00 bits per heavy atom. The standard InChI is InChI=1S/C12H6ClF2NO3S/c13-7-5-8(14)6(4-9(7)15)11(17)16-19-12(18)10-2-1-3-20-10/h1-5H,(H,16,17). The number of carbonyl (C=O) groups is 2. The first-order valence-electron chi connectivity index (χ1n) is 5.18. The normalized spacial score (nSPS) is 10.2. The van der Waals surface area contributed by atoms with Gasteiger partial charge < -0.3 is 4.84 Å². The van der Waals surface area contributed by atoms with Gasteiger partial charge in [-0.1, -0.05) is 17.7 Å². The number of hydrogen-bond donors (Lipinski definition) is 1. The van der Waals surface area contributed by atoms with E-state index in [0.29, 0.717) is 12.1 Å². The summed E-state index contributed by atoms with van der Waals surface area (Å²) in [6, 6.07) is 4.39. The molecule has 0 spiro atoms. The van der Waals surface area contributed by atoms with Crippen molar-refractivity contribution in [2.24, 2.45) is 0 Å². The number of carbonyl (C=O) groups excluding carboxylic acids is 2. The number of hydrogen-bond acceptors (Lipinski definition) is 4. The van der Waals surface area contributed by atoms with Gasteiger partial charge in [-0.05, 0) is 23.6 Å². The summed E-state index contributed by atoms with van der Waals surface area (Å²) in [6.07, 6.45) is 0. The summed E-state index contributed by atoms with van der Waals surface area (Å²) in [5.41, 5.74) is 1.12. The summed E-state index contributed by atoms with van der Waals surface area (Å²) in [5, 5.41) is 1.20. The second kappa shape index (κ2) is 5.98. The van der Waals surface area contributed by atoms with E-state index in [9.17, 15) is 18.4 Å². The largest absolute Gasteiger partial charge is 0.372 e. The maximum Gasteiger partial charge on any atom is 0.372 e. The molecule has 0 radical (unpaired) electrons. The predicted octanol–water partition coefficient (Wildman–Crippen LogP) is 3.18. The van der Waals surface area contributed by atoms with Gasteiger partial charge in [0, 0.05) is 0 Å². The smallest absolute Gasteiger partial charge is 0.334 e. The minimum Gasteiger partial charge on any atom is -0.334 e. The molecule has 0 aliphatic rings. The third-order valence-corrected chi connectivity index (χ3v) is 3.35. The Bertz CT molecular complexity index is 661. The molecule has 2 aromatic rings. The first-order valence-corrected chi connectivity index (χ1v) is 6.44. The van der Waals surface area contributed by atoms with Crippen LogP contribution in [0, 0.1) is 11.6 Å². The molecule has 0 saturated heterocycles. The second-order valence-electron chi connectivity index (χ2n) is 3.54. The summed E-state index contributed by atoms with van der Waals surface area (Å²) in [6.45, 7) is 0. The average Bonchev–Trinajstić information content (AvgIpc) is 2.94. The number of thiophene rings is 1. The van der Waals surface area contributed by atoms with E-state index >= 15 is 0 Å². The molecule has 0 atom stereocenters. The van der Waals surface area contributed by atoms with Gasteiger partial charge in [0.05, 0.1) is 10.6 Å². The van der Waals surface area contributed by atoms with E-state index in [1.54, 1.807) is 16.9 Å². The second-order valence-corrected chi connectivity index (χ2v) is 4.90. The van der Waals surface area contributed by atoms with Crippen molar-refractivity contribution in [3.63, 3.8) is 0 Å². The maximum absolute atomic E-state index is 13.4. The van der Waals surface area contributed by atoms with Gasteiger partial charge in [0.2, 0.25) is 0 Å². The van der Waals surface area contributed by atoms with Gasteiger partial charge in [0.25, 0.3) is 5.91 Å². The number of rotatable bonds is 2. The molecule has 1 N–H and O–H groups in total. The highest BCUT2D eigenvalue weighted by Crippen LogP contribution is 2.19. The molecule has 0 fully saturated rings. The summed E-state index contributed by atoms with van der Waals surface area (Å²) in [5.74, 6) is -3.88. The minimum atomic E-state index is -1.09. The Balaban J connectivity index is 2.06. The van der Waals surface area contributed by atoms with E-state index in [1.165, 1.54) is 6.07 Å². The molecule has 4 nitrogen and oxygen atoms in total. The number of benzene rings is 1. The highest BCUT2D eigenvalue weighted by atomic mass is 35.5. The van der Waals surface area contributed by atoms with Crippen molar-refractivity contribution >= 4 is 34.8 Å². The molecular formula is C12H6ClF2NO3S. The molecule has 2 rings (SSSR count). The van der Waals surface area contributed by atoms with Gasteiger partial charge in [-0.3, -0.25) is 4.79 Å². The lowest BCUT2D eigenvalue weighted by Crippen LogP contribution is -2.27. The van der Waals surface area contributed by atoms with Crippen molar-refractivity contribution in [2.75, 3.05) is 0 Å². The third-order valence-electron chi connectivity index (χ3n) is 2.21. The average molecular weight is 318 g/mol. The van der Waals surface area contributed by atoms with Crippen LogP contribution in [0.25, 0.3) is 0 Å². The van der Waals surface area contributed by atoms with Gasteiger partial charge >= 0.3 is 5.97 Å². The van der Waals surface area contributed by atoms with Crippen LogP contribution < -0.4 is 5.48 Å². The van der Waals surface area contributed by atoms with Crippen LogP contribution in [0.5, 0.6) is 0 Å². The van der Waals surface area contributed by atoms with E-state index in [4.69, 9.17) is 11.6 Å². The molecule has 0 aliphatic carbocycles. The molecule has 1 aromatic carbocycles. The Morgan fingerprint density at radius 1 is 1.25 bits per heavy atom. The summed E-state index contributed by atoms with van der Waals surface area (Å²) < 4.78 is 26.6. The van der Waals surface area contributed by atoms with Crippen LogP contribution in [0.15, 0.2) is 29.6 Å². The van der Waals surface area contributed by atoms with Crippen LogP contribution in [-0.4, -0.2) is 11.9 Å². The van der Waals surface area contributed by atoms with Gasteiger partial charge in [0.15, 0.2) is 0 Å². The Hall–Kier alpha value is -1.99. The molecule has 0 aliphatic heterocycles. The van der Waals surface area contributed by atoms with Crippen LogP contribution >= 0.6 is 22.9 Å². The van der Waals surface area contributed by atoms with E-state index in [2.05, 4.69) is 4.84 Å². The number of nitrogens with one attached hydrogen (secondary N) is 1. The number of hydroxylamine groups is 1. The fraction of sp³-hybridized carbons (Fsp3) is 0. The molecular weight excluding hydrogens is 312 g/mol. The van der Waals surface area contributed by atoms with Crippen LogP contribution in [0.3, 0.4) is 0 Å². The van der Waals surface area contributed by atoms with Gasteiger partial charge in [-0.15, -0.1) is 11.3 Å². The molecule has 0 unspecified atom stereocenters. The summed E-state index contributed by atoms with van der Waals surface area (Å²) >= 11 is 6.46. The Kier molecular flexibility index (Phi) is 4.31. The topological polar surface area (TPSA) is 55.4 Å². The van der Waals surface area contributed by atoms with E-state index in [1.807, 2.05) is 0 Å². The third kappa shape index (κ3) is 3.12. The first-order chi connectivity index (χ1) is 9.49.